The van der Waals surface area contributed by atoms with Crippen LogP contribution in [0.5, 0.6) is 5.75 Å². The molecule has 0 bridgehead atoms. The minimum absolute atomic E-state index is 0.368. The first-order chi connectivity index (χ1) is 9.93. The molecular formula is C16H20N2O2S. The molecule has 0 saturated heterocycles. The van der Waals surface area contributed by atoms with E-state index in [0.717, 1.165) is 33.0 Å². The summed E-state index contributed by atoms with van der Waals surface area (Å²) >= 11 is 0. The molecule has 2 aromatic rings. The van der Waals surface area contributed by atoms with Gasteiger partial charge in [0.1, 0.15) is 5.75 Å². The molecule has 1 unspecified atom stereocenters. The zero-order valence-corrected chi connectivity index (χ0v) is 13.6. The van der Waals surface area contributed by atoms with Gasteiger partial charge in [-0.05, 0) is 44.5 Å². The van der Waals surface area contributed by atoms with Gasteiger partial charge in [0.05, 0.1) is 29.4 Å². The van der Waals surface area contributed by atoms with E-state index in [9.17, 15) is 4.21 Å². The molecule has 0 radical (unpaired) electrons. The molecule has 4 nitrogen and oxygen atoms in total. The first-order valence-electron chi connectivity index (χ1n) is 6.67. The minimum Gasteiger partial charge on any atom is -0.496 e. The molecule has 0 amide bonds. The fourth-order valence-corrected chi connectivity index (χ4v) is 3.68. The summed E-state index contributed by atoms with van der Waals surface area (Å²) in [7, 11) is 0.484. The first-order valence-corrected chi connectivity index (χ1v) is 7.99. The Balaban J connectivity index is 2.32. The van der Waals surface area contributed by atoms with E-state index in [4.69, 9.17) is 10.5 Å². The predicted molar refractivity (Wildman–Crippen MR) is 86.0 cm³/mol. The molecule has 0 aliphatic heterocycles. The Morgan fingerprint density at radius 2 is 1.95 bits per heavy atom. The summed E-state index contributed by atoms with van der Waals surface area (Å²) < 4.78 is 18.0. The van der Waals surface area contributed by atoms with Gasteiger partial charge in [-0.1, -0.05) is 0 Å². The van der Waals surface area contributed by atoms with Gasteiger partial charge in [-0.25, -0.2) is 0 Å². The number of pyridine rings is 1. The van der Waals surface area contributed by atoms with Crippen molar-refractivity contribution in [1.29, 1.82) is 0 Å². The second-order valence-corrected chi connectivity index (χ2v) is 6.48. The van der Waals surface area contributed by atoms with Crippen LogP contribution >= 0.6 is 0 Å². The van der Waals surface area contributed by atoms with E-state index in [2.05, 4.69) is 4.98 Å². The Morgan fingerprint density at radius 3 is 2.57 bits per heavy atom. The second kappa shape index (κ2) is 6.26. The number of rotatable bonds is 4. The van der Waals surface area contributed by atoms with E-state index >= 15 is 0 Å². The number of aryl methyl sites for hydroxylation is 2. The lowest BCUT2D eigenvalue weighted by molar-refractivity contribution is 0.407. The van der Waals surface area contributed by atoms with E-state index in [1.165, 1.54) is 0 Å². The highest BCUT2D eigenvalue weighted by Crippen LogP contribution is 2.26. The average Bonchev–Trinajstić information content (AvgIpc) is 2.42. The minimum atomic E-state index is -1.15. The Kier molecular flexibility index (Phi) is 4.63. The summed E-state index contributed by atoms with van der Waals surface area (Å²) in [6.45, 7) is 5.81. The van der Waals surface area contributed by atoms with Gasteiger partial charge in [-0.3, -0.25) is 9.19 Å². The molecule has 1 aromatic heterocycles. The van der Waals surface area contributed by atoms with Crippen molar-refractivity contribution in [1.82, 2.24) is 4.98 Å². The third kappa shape index (κ3) is 3.24. The Hall–Kier alpha value is -1.88. The third-order valence-electron chi connectivity index (χ3n) is 3.46. The van der Waals surface area contributed by atoms with E-state index in [1.807, 2.05) is 32.9 Å². The van der Waals surface area contributed by atoms with Gasteiger partial charge in [-0.2, -0.15) is 0 Å². The third-order valence-corrected chi connectivity index (χ3v) is 4.95. The fourth-order valence-electron chi connectivity index (χ4n) is 2.35. The molecule has 112 valence electrons. The van der Waals surface area contributed by atoms with E-state index in [1.54, 1.807) is 19.4 Å². The molecule has 0 spiro atoms. The summed E-state index contributed by atoms with van der Waals surface area (Å²) in [4.78, 5) is 5.20. The zero-order valence-electron chi connectivity index (χ0n) is 12.8. The number of ether oxygens (including phenoxy) is 1. The van der Waals surface area contributed by atoms with Crippen LogP contribution in [0, 0.1) is 20.8 Å². The molecule has 1 aromatic carbocycles. The second-order valence-electron chi connectivity index (χ2n) is 5.06. The van der Waals surface area contributed by atoms with E-state index in [-0.39, 0.29) is 0 Å². The maximum Gasteiger partial charge on any atom is 0.128 e. The Labute approximate surface area is 127 Å². The standard InChI is InChI=1S/C16H20N2O2S/c1-10-7-13(17)5-6-15(10)21(19)9-14-12(3)16(20-4)11(2)8-18-14/h5-8H,9,17H2,1-4H3. The molecule has 1 heterocycles. The van der Waals surface area contributed by atoms with Crippen LogP contribution in [0.1, 0.15) is 22.4 Å². The number of anilines is 1. The maximum absolute atomic E-state index is 12.6. The van der Waals surface area contributed by atoms with Crippen molar-refractivity contribution in [3.63, 3.8) is 0 Å². The van der Waals surface area contributed by atoms with Crippen LogP contribution in [-0.4, -0.2) is 16.3 Å². The quantitative estimate of drug-likeness (QED) is 0.882. The largest absolute Gasteiger partial charge is 0.496 e. The lowest BCUT2D eigenvalue weighted by Crippen LogP contribution is -2.05. The summed E-state index contributed by atoms with van der Waals surface area (Å²) in [6, 6.07) is 5.43. The summed E-state index contributed by atoms with van der Waals surface area (Å²) in [5.41, 5.74) is 10.1. The summed E-state index contributed by atoms with van der Waals surface area (Å²) in [5, 5.41) is 0. The molecule has 21 heavy (non-hydrogen) atoms. The predicted octanol–water partition coefficient (Wildman–Crippen LogP) is 2.91. The van der Waals surface area contributed by atoms with E-state index in [0.29, 0.717) is 11.4 Å². The number of nitrogen functional groups attached to an aromatic ring is 1. The van der Waals surface area contributed by atoms with Gasteiger partial charge >= 0.3 is 0 Å². The molecule has 2 rings (SSSR count). The molecule has 0 saturated carbocycles. The highest BCUT2D eigenvalue weighted by atomic mass is 32.2. The Morgan fingerprint density at radius 1 is 1.24 bits per heavy atom. The molecular weight excluding hydrogens is 284 g/mol. The van der Waals surface area contributed by atoms with Crippen molar-refractivity contribution in [3.05, 3.63) is 46.8 Å². The van der Waals surface area contributed by atoms with Gasteiger partial charge in [0.25, 0.3) is 0 Å². The summed E-state index contributed by atoms with van der Waals surface area (Å²) in [5.74, 6) is 1.18. The highest BCUT2D eigenvalue weighted by molar-refractivity contribution is 7.84. The van der Waals surface area contributed by atoms with Crippen molar-refractivity contribution in [2.45, 2.75) is 31.4 Å². The number of benzene rings is 1. The number of nitrogens with two attached hydrogens (primary N) is 1. The smallest absolute Gasteiger partial charge is 0.128 e. The van der Waals surface area contributed by atoms with Crippen molar-refractivity contribution >= 4 is 16.5 Å². The monoisotopic (exact) mass is 304 g/mol. The average molecular weight is 304 g/mol. The van der Waals surface area contributed by atoms with Crippen LogP contribution in [-0.2, 0) is 16.6 Å². The number of hydrogen-bond donors (Lipinski definition) is 1. The number of aromatic nitrogens is 1. The molecule has 0 fully saturated rings. The van der Waals surface area contributed by atoms with Crippen molar-refractivity contribution in [2.24, 2.45) is 0 Å². The molecule has 0 aliphatic carbocycles. The van der Waals surface area contributed by atoms with Crippen LogP contribution in [0.2, 0.25) is 0 Å². The van der Waals surface area contributed by atoms with Gasteiger partial charge in [0.2, 0.25) is 0 Å². The lowest BCUT2D eigenvalue weighted by atomic mass is 10.1. The Bertz CT molecular complexity index is 699. The fraction of sp³-hybridized carbons (Fsp3) is 0.312. The van der Waals surface area contributed by atoms with Crippen LogP contribution in [0.25, 0.3) is 0 Å². The molecule has 2 N–H and O–H groups in total. The van der Waals surface area contributed by atoms with E-state index < -0.39 is 10.8 Å². The lowest BCUT2D eigenvalue weighted by Gasteiger charge is -2.13. The van der Waals surface area contributed by atoms with Gasteiger partial charge in [0, 0.05) is 27.9 Å². The van der Waals surface area contributed by atoms with Crippen LogP contribution < -0.4 is 10.5 Å². The highest BCUT2D eigenvalue weighted by Gasteiger charge is 2.14. The van der Waals surface area contributed by atoms with Gasteiger partial charge in [-0.15, -0.1) is 0 Å². The van der Waals surface area contributed by atoms with Gasteiger partial charge in [0.15, 0.2) is 0 Å². The molecule has 1 atom stereocenters. The van der Waals surface area contributed by atoms with Crippen LogP contribution in [0.15, 0.2) is 29.3 Å². The van der Waals surface area contributed by atoms with Crippen LogP contribution in [0.4, 0.5) is 5.69 Å². The topological polar surface area (TPSA) is 65.2 Å². The van der Waals surface area contributed by atoms with Crippen molar-refractivity contribution in [3.8, 4) is 5.75 Å². The van der Waals surface area contributed by atoms with Crippen molar-refractivity contribution in [2.75, 3.05) is 12.8 Å². The maximum atomic E-state index is 12.6. The SMILES string of the molecule is COc1c(C)cnc(CS(=O)c2ccc(N)cc2C)c1C. The molecule has 5 heteroatoms. The molecule has 0 aliphatic rings. The summed E-state index contributed by atoms with van der Waals surface area (Å²) in [6.07, 6.45) is 1.76. The van der Waals surface area contributed by atoms with Gasteiger partial charge < -0.3 is 10.5 Å². The van der Waals surface area contributed by atoms with Crippen LogP contribution in [0.3, 0.4) is 0 Å². The number of nitrogens with zero attached hydrogens (tertiary/aromatic N) is 1. The number of hydrogen-bond acceptors (Lipinski definition) is 4. The normalized spacial score (nSPS) is 12.2. The zero-order chi connectivity index (χ0) is 15.6. The van der Waals surface area contributed by atoms with Crippen molar-refractivity contribution < 1.29 is 8.95 Å². The number of methoxy groups -OCH3 is 1. The first kappa shape index (κ1) is 15.5.